The van der Waals surface area contributed by atoms with Crippen molar-refractivity contribution in [3.8, 4) is 0 Å². The number of carbonyl (C=O) groups excluding carboxylic acids is 1. The Labute approximate surface area is 177 Å². The molecule has 1 amide bonds. The molecule has 0 unspecified atom stereocenters. The van der Waals surface area contributed by atoms with E-state index in [0.29, 0.717) is 40.6 Å². The third-order valence-electron chi connectivity index (χ3n) is 6.02. The zero-order chi connectivity index (χ0) is 20.3. The topological polar surface area (TPSA) is 64.8 Å². The van der Waals surface area contributed by atoms with E-state index < -0.39 is 0 Å². The number of amides is 1. The van der Waals surface area contributed by atoms with Gasteiger partial charge in [0.15, 0.2) is 0 Å². The maximum absolute atomic E-state index is 13.0. The van der Waals surface area contributed by atoms with E-state index in [9.17, 15) is 4.79 Å². The molecule has 28 heavy (non-hydrogen) atoms. The number of nitrogens with two attached hydrogens (primary N) is 1. The average molecular weight is 429 g/mol. The van der Waals surface area contributed by atoms with Gasteiger partial charge in [-0.25, -0.2) is 0 Å². The van der Waals surface area contributed by atoms with Gasteiger partial charge in [0, 0.05) is 18.7 Å². The molecule has 7 heteroatoms. The standard InChI is InChI=1S/C21H30Cl2N2O3/c1-13-3-5-16(6-4-13)28-12-15-9-17(27-2)11-25(15)21(26)8-14-7-19(23)20(24)10-18(14)22/h7,10,13,15-17H,3-6,8-9,11-12,24H2,1-2H3/t13-,15-,16-,17-/m0/s1. The number of nitrogen functional groups attached to an aromatic ring is 1. The number of anilines is 1. The summed E-state index contributed by atoms with van der Waals surface area (Å²) >= 11 is 12.4. The summed E-state index contributed by atoms with van der Waals surface area (Å²) in [6.07, 6.45) is 5.97. The zero-order valence-corrected chi connectivity index (χ0v) is 18.1. The van der Waals surface area contributed by atoms with Gasteiger partial charge in [-0.1, -0.05) is 30.1 Å². The summed E-state index contributed by atoms with van der Waals surface area (Å²) in [4.78, 5) is 14.9. The van der Waals surface area contributed by atoms with E-state index >= 15 is 0 Å². The summed E-state index contributed by atoms with van der Waals surface area (Å²) in [5.74, 6) is 0.798. The van der Waals surface area contributed by atoms with E-state index in [-0.39, 0.29) is 24.5 Å². The predicted octanol–water partition coefficient (Wildman–Crippen LogP) is 4.33. The van der Waals surface area contributed by atoms with Crippen molar-refractivity contribution >= 4 is 34.8 Å². The molecular weight excluding hydrogens is 399 g/mol. The normalized spacial score (nSPS) is 27.9. The fourth-order valence-electron chi connectivity index (χ4n) is 4.15. The first-order chi connectivity index (χ1) is 13.4. The lowest BCUT2D eigenvalue weighted by Gasteiger charge is -2.30. The Morgan fingerprint density at radius 1 is 1.18 bits per heavy atom. The molecule has 2 N–H and O–H groups in total. The largest absolute Gasteiger partial charge is 0.397 e. The number of nitrogens with zero attached hydrogens (tertiary/aromatic N) is 1. The number of hydrogen-bond donors (Lipinski definition) is 1. The van der Waals surface area contributed by atoms with Crippen molar-refractivity contribution in [2.45, 2.75) is 63.7 Å². The van der Waals surface area contributed by atoms with Gasteiger partial charge in [0.2, 0.25) is 5.91 Å². The van der Waals surface area contributed by atoms with Gasteiger partial charge in [-0.2, -0.15) is 0 Å². The van der Waals surface area contributed by atoms with Crippen molar-refractivity contribution in [1.82, 2.24) is 4.90 Å². The second-order valence-electron chi connectivity index (χ2n) is 8.15. The van der Waals surface area contributed by atoms with Crippen molar-refractivity contribution < 1.29 is 14.3 Å². The quantitative estimate of drug-likeness (QED) is 0.684. The second-order valence-corrected chi connectivity index (χ2v) is 8.96. The SMILES string of the molecule is CO[C@H]1C[C@@H](CO[C@H]2CC[C@H](C)CC2)N(C(=O)Cc2cc(Cl)c(N)cc2Cl)C1. The average Bonchev–Trinajstić information content (AvgIpc) is 3.09. The Kier molecular flexibility index (Phi) is 7.48. The first-order valence-electron chi connectivity index (χ1n) is 10.0. The Bertz CT molecular complexity index is 692. The molecule has 1 aliphatic carbocycles. The first kappa shape index (κ1) is 21.7. The van der Waals surface area contributed by atoms with Gasteiger partial charge in [-0.3, -0.25) is 4.79 Å². The van der Waals surface area contributed by atoms with Crippen LogP contribution in [0, 0.1) is 5.92 Å². The van der Waals surface area contributed by atoms with Crippen LogP contribution in [0.4, 0.5) is 5.69 Å². The molecule has 1 aromatic carbocycles. The predicted molar refractivity (Wildman–Crippen MR) is 113 cm³/mol. The third kappa shape index (κ3) is 5.32. The molecule has 2 fully saturated rings. The molecule has 5 nitrogen and oxygen atoms in total. The lowest BCUT2D eigenvalue weighted by molar-refractivity contribution is -0.133. The number of likely N-dealkylation sites (tertiary alicyclic amines) is 1. The molecule has 0 aromatic heterocycles. The molecule has 1 saturated carbocycles. The van der Waals surface area contributed by atoms with Gasteiger partial charge >= 0.3 is 0 Å². The minimum atomic E-state index is 0.00755. The van der Waals surface area contributed by atoms with Gasteiger partial charge in [0.1, 0.15) is 0 Å². The van der Waals surface area contributed by atoms with E-state index in [1.54, 1.807) is 19.2 Å². The Balaban J connectivity index is 1.62. The van der Waals surface area contributed by atoms with Gasteiger partial charge in [-0.15, -0.1) is 0 Å². The van der Waals surface area contributed by atoms with Crippen LogP contribution >= 0.6 is 23.2 Å². The highest BCUT2D eigenvalue weighted by molar-refractivity contribution is 6.35. The molecule has 0 spiro atoms. The van der Waals surface area contributed by atoms with Crippen molar-refractivity contribution in [2.24, 2.45) is 5.92 Å². The molecule has 3 rings (SSSR count). The number of methoxy groups -OCH3 is 1. The highest BCUT2D eigenvalue weighted by atomic mass is 35.5. The van der Waals surface area contributed by atoms with Crippen LogP contribution in [-0.4, -0.2) is 49.3 Å². The van der Waals surface area contributed by atoms with Crippen LogP contribution in [0.1, 0.15) is 44.6 Å². The second kappa shape index (κ2) is 9.66. The summed E-state index contributed by atoms with van der Waals surface area (Å²) in [6.45, 7) is 3.43. The van der Waals surface area contributed by atoms with Crippen molar-refractivity contribution in [2.75, 3.05) is 26.0 Å². The zero-order valence-electron chi connectivity index (χ0n) is 16.6. The third-order valence-corrected chi connectivity index (χ3v) is 6.70. The number of ether oxygens (including phenoxy) is 2. The van der Waals surface area contributed by atoms with Crippen molar-refractivity contribution in [3.05, 3.63) is 27.7 Å². The number of rotatable bonds is 6. The van der Waals surface area contributed by atoms with Gasteiger partial charge in [-0.05, 0) is 55.7 Å². The van der Waals surface area contributed by atoms with Crippen LogP contribution in [0.15, 0.2) is 12.1 Å². The Morgan fingerprint density at radius 2 is 1.89 bits per heavy atom. The highest BCUT2D eigenvalue weighted by Gasteiger charge is 2.36. The summed E-state index contributed by atoms with van der Waals surface area (Å²) < 4.78 is 11.7. The van der Waals surface area contributed by atoms with Crippen LogP contribution in [-0.2, 0) is 20.7 Å². The minimum absolute atomic E-state index is 0.00755. The lowest BCUT2D eigenvalue weighted by Crippen LogP contribution is -2.40. The molecule has 2 aliphatic rings. The Hall–Kier alpha value is -1.01. The fraction of sp³-hybridized carbons (Fsp3) is 0.667. The smallest absolute Gasteiger partial charge is 0.227 e. The summed E-state index contributed by atoms with van der Waals surface area (Å²) in [5.41, 5.74) is 6.88. The molecule has 1 heterocycles. The van der Waals surface area contributed by atoms with Gasteiger partial charge < -0.3 is 20.1 Å². The summed E-state index contributed by atoms with van der Waals surface area (Å²) in [5, 5.41) is 0.872. The van der Waals surface area contributed by atoms with Crippen molar-refractivity contribution in [1.29, 1.82) is 0 Å². The number of benzene rings is 1. The van der Waals surface area contributed by atoms with Crippen LogP contribution in [0.2, 0.25) is 10.0 Å². The minimum Gasteiger partial charge on any atom is -0.397 e. The first-order valence-corrected chi connectivity index (χ1v) is 10.8. The maximum atomic E-state index is 13.0. The molecular formula is C21H30Cl2N2O3. The highest BCUT2D eigenvalue weighted by Crippen LogP contribution is 2.30. The van der Waals surface area contributed by atoms with Crippen LogP contribution in [0.5, 0.6) is 0 Å². The molecule has 2 atom stereocenters. The van der Waals surface area contributed by atoms with Crippen LogP contribution in [0.25, 0.3) is 0 Å². The van der Waals surface area contributed by atoms with E-state index in [4.69, 9.17) is 38.4 Å². The lowest BCUT2D eigenvalue weighted by atomic mass is 9.89. The summed E-state index contributed by atoms with van der Waals surface area (Å²) in [7, 11) is 1.69. The molecule has 1 aromatic rings. The van der Waals surface area contributed by atoms with Crippen LogP contribution < -0.4 is 5.73 Å². The van der Waals surface area contributed by atoms with Crippen LogP contribution in [0.3, 0.4) is 0 Å². The maximum Gasteiger partial charge on any atom is 0.227 e. The number of halogens is 2. The molecule has 1 saturated heterocycles. The molecule has 1 aliphatic heterocycles. The van der Waals surface area contributed by atoms with Gasteiger partial charge in [0.05, 0.1) is 42.0 Å². The summed E-state index contributed by atoms with van der Waals surface area (Å²) in [6, 6.07) is 3.30. The van der Waals surface area contributed by atoms with Gasteiger partial charge in [0.25, 0.3) is 0 Å². The fourth-order valence-corrected chi connectivity index (χ4v) is 4.58. The molecule has 156 valence electrons. The van der Waals surface area contributed by atoms with E-state index in [1.807, 2.05) is 4.90 Å². The Morgan fingerprint density at radius 3 is 2.57 bits per heavy atom. The van der Waals surface area contributed by atoms with E-state index in [2.05, 4.69) is 6.92 Å². The number of hydrogen-bond acceptors (Lipinski definition) is 4. The van der Waals surface area contributed by atoms with Crippen molar-refractivity contribution in [3.63, 3.8) is 0 Å². The monoisotopic (exact) mass is 428 g/mol. The molecule has 0 radical (unpaired) electrons. The van der Waals surface area contributed by atoms with E-state index in [0.717, 1.165) is 25.2 Å². The number of carbonyl (C=O) groups is 1. The molecule has 0 bridgehead atoms. The van der Waals surface area contributed by atoms with E-state index in [1.165, 1.54) is 12.8 Å².